The molecule has 0 amide bonds. The Balaban J connectivity index is 2.26. The summed E-state index contributed by atoms with van der Waals surface area (Å²) in [6.45, 7) is 1.41. The van der Waals surface area contributed by atoms with Crippen molar-refractivity contribution in [1.29, 1.82) is 0 Å². The Kier molecular flexibility index (Phi) is 3.09. The third-order valence-corrected chi connectivity index (χ3v) is 3.53. The monoisotopic (exact) mass is 274 g/mol. The molecule has 7 heteroatoms. The lowest BCUT2D eigenvalue weighted by atomic mass is 10.1. The average molecular weight is 274 g/mol. The molecule has 2 aromatic heterocycles. The van der Waals surface area contributed by atoms with Crippen LogP contribution in [0.1, 0.15) is 19.3 Å². The standard InChI is InChI=1S/C13H14N4O3/c18-13-11(17(19)20)12(15-7-3-1-4-8-15)14-10-6-2-5-9-16(10)13/h2,5-6,9H,1,3-4,7-8H2. The molecule has 0 N–H and O–H groups in total. The molecule has 7 nitrogen and oxygen atoms in total. The van der Waals surface area contributed by atoms with Crippen molar-refractivity contribution in [2.75, 3.05) is 18.0 Å². The van der Waals surface area contributed by atoms with E-state index < -0.39 is 16.2 Å². The van der Waals surface area contributed by atoms with E-state index in [1.807, 2.05) is 4.90 Å². The van der Waals surface area contributed by atoms with Gasteiger partial charge in [0.1, 0.15) is 5.65 Å². The van der Waals surface area contributed by atoms with Crippen LogP contribution in [0.3, 0.4) is 0 Å². The van der Waals surface area contributed by atoms with Gasteiger partial charge in [0.2, 0.25) is 5.82 Å². The Morgan fingerprint density at radius 3 is 2.65 bits per heavy atom. The predicted octanol–water partition coefficient (Wildman–Crippen LogP) is 1.59. The van der Waals surface area contributed by atoms with Crippen molar-refractivity contribution in [3.05, 3.63) is 44.9 Å². The summed E-state index contributed by atoms with van der Waals surface area (Å²) >= 11 is 0. The van der Waals surface area contributed by atoms with Crippen LogP contribution in [-0.4, -0.2) is 27.4 Å². The van der Waals surface area contributed by atoms with Crippen molar-refractivity contribution in [1.82, 2.24) is 9.38 Å². The van der Waals surface area contributed by atoms with Gasteiger partial charge in [-0.2, -0.15) is 0 Å². The summed E-state index contributed by atoms with van der Waals surface area (Å²) in [6.07, 6.45) is 4.54. The summed E-state index contributed by atoms with van der Waals surface area (Å²) in [6, 6.07) is 5.09. The fourth-order valence-corrected chi connectivity index (χ4v) is 2.55. The highest BCUT2D eigenvalue weighted by molar-refractivity contribution is 5.61. The fourth-order valence-electron chi connectivity index (χ4n) is 2.55. The first-order chi connectivity index (χ1) is 9.68. The van der Waals surface area contributed by atoms with Crippen LogP contribution in [0, 0.1) is 10.1 Å². The summed E-state index contributed by atoms with van der Waals surface area (Å²) in [7, 11) is 0. The second-order valence-electron chi connectivity index (χ2n) is 4.82. The number of hydrogen-bond donors (Lipinski definition) is 0. The third-order valence-electron chi connectivity index (χ3n) is 3.53. The van der Waals surface area contributed by atoms with Crippen molar-refractivity contribution in [3.63, 3.8) is 0 Å². The van der Waals surface area contributed by atoms with Gasteiger partial charge in [0, 0.05) is 19.3 Å². The molecule has 0 radical (unpaired) electrons. The van der Waals surface area contributed by atoms with E-state index in [0.717, 1.165) is 19.3 Å². The van der Waals surface area contributed by atoms with Crippen LogP contribution >= 0.6 is 0 Å². The molecule has 0 bridgehead atoms. The van der Waals surface area contributed by atoms with E-state index in [9.17, 15) is 14.9 Å². The molecule has 104 valence electrons. The number of fused-ring (bicyclic) bond motifs is 1. The van der Waals surface area contributed by atoms with Gasteiger partial charge in [0.25, 0.3) is 0 Å². The van der Waals surface area contributed by atoms with E-state index in [0.29, 0.717) is 18.7 Å². The van der Waals surface area contributed by atoms with E-state index >= 15 is 0 Å². The second-order valence-corrected chi connectivity index (χ2v) is 4.82. The van der Waals surface area contributed by atoms with Crippen molar-refractivity contribution >= 4 is 17.2 Å². The summed E-state index contributed by atoms with van der Waals surface area (Å²) in [5, 5.41) is 11.3. The van der Waals surface area contributed by atoms with E-state index in [4.69, 9.17) is 0 Å². The topological polar surface area (TPSA) is 80.8 Å². The van der Waals surface area contributed by atoms with Gasteiger partial charge in [0.05, 0.1) is 4.92 Å². The van der Waals surface area contributed by atoms with Crippen LogP contribution in [0.5, 0.6) is 0 Å². The van der Waals surface area contributed by atoms with Gasteiger partial charge in [-0.1, -0.05) is 6.07 Å². The van der Waals surface area contributed by atoms with Crippen molar-refractivity contribution in [2.24, 2.45) is 0 Å². The smallest absolute Gasteiger partial charge is 0.351 e. The highest BCUT2D eigenvalue weighted by Gasteiger charge is 2.28. The Morgan fingerprint density at radius 2 is 1.95 bits per heavy atom. The second kappa shape index (κ2) is 4.92. The molecule has 0 atom stereocenters. The molecule has 0 spiro atoms. The molecule has 0 aromatic carbocycles. The maximum absolute atomic E-state index is 12.3. The highest BCUT2D eigenvalue weighted by Crippen LogP contribution is 2.25. The molecule has 3 heterocycles. The van der Waals surface area contributed by atoms with E-state index in [-0.39, 0.29) is 5.82 Å². The first-order valence-corrected chi connectivity index (χ1v) is 6.59. The summed E-state index contributed by atoms with van der Waals surface area (Å²) in [4.78, 5) is 29.1. The predicted molar refractivity (Wildman–Crippen MR) is 74.2 cm³/mol. The van der Waals surface area contributed by atoms with E-state index in [1.54, 1.807) is 18.2 Å². The lowest BCUT2D eigenvalue weighted by Crippen LogP contribution is -2.33. The van der Waals surface area contributed by atoms with Crippen molar-refractivity contribution < 1.29 is 4.92 Å². The maximum Gasteiger partial charge on any atom is 0.376 e. The summed E-state index contributed by atoms with van der Waals surface area (Å²) in [5.41, 5.74) is -0.625. The van der Waals surface area contributed by atoms with Crippen LogP contribution in [0.2, 0.25) is 0 Å². The number of anilines is 1. The Morgan fingerprint density at radius 1 is 1.20 bits per heavy atom. The Bertz CT molecular complexity index is 719. The van der Waals surface area contributed by atoms with E-state index in [2.05, 4.69) is 4.98 Å². The molecule has 2 aromatic rings. The van der Waals surface area contributed by atoms with E-state index in [1.165, 1.54) is 10.6 Å². The van der Waals surface area contributed by atoms with Gasteiger partial charge in [-0.25, -0.2) is 4.98 Å². The number of pyridine rings is 1. The van der Waals surface area contributed by atoms with Crippen LogP contribution < -0.4 is 10.5 Å². The number of piperidine rings is 1. The zero-order valence-electron chi connectivity index (χ0n) is 10.9. The van der Waals surface area contributed by atoms with Crippen molar-refractivity contribution in [3.8, 4) is 0 Å². The minimum absolute atomic E-state index is 0.200. The SMILES string of the molecule is O=c1c([N+](=O)[O-])c(N2CCCCC2)nc2ccccn12. The minimum atomic E-state index is -0.626. The summed E-state index contributed by atoms with van der Waals surface area (Å²) in [5.74, 6) is 0.200. The van der Waals surface area contributed by atoms with Gasteiger partial charge >= 0.3 is 11.2 Å². The number of nitro groups is 1. The molecule has 1 saturated heterocycles. The quantitative estimate of drug-likeness (QED) is 0.613. The highest BCUT2D eigenvalue weighted by atomic mass is 16.6. The molecule has 3 rings (SSSR count). The van der Waals surface area contributed by atoms with Crippen LogP contribution in [0.15, 0.2) is 29.2 Å². The lowest BCUT2D eigenvalue weighted by Gasteiger charge is -2.27. The molecule has 1 fully saturated rings. The zero-order valence-corrected chi connectivity index (χ0v) is 10.9. The zero-order chi connectivity index (χ0) is 14.1. The van der Waals surface area contributed by atoms with Crippen molar-refractivity contribution in [2.45, 2.75) is 19.3 Å². The Hall–Kier alpha value is -2.44. The first-order valence-electron chi connectivity index (χ1n) is 6.59. The fraction of sp³-hybridized carbons (Fsp3) is 0.385. The average Bonchev–Trinajstić information content (AvgIpc) is 2.47. The van der Waals surface area contributed by atoms with Gasteiger partial charge < -0.3 is 4.90 Å². The maximum atomic E-state index is 12.3. The molecule has 1 aliphatic heterocycles. The van der Waals surface area contributed by atoms with Crippen LogP contribution in [0.4, 0.5) is 11.5 Å². The number of nitrogens with zero attached hydrogens (tertiary/aromatic N) is 4. The first kappa shape index (κ1) is 12.6. The third kappa shape index (κ3) is 2.01. The molecular weight excluding hydrogens is 260 g/mol. The normalized spacial score (nSPS) is 15.5. The molecule has 0 unspecified atom stereocenters. The summed E-state index contributed by atoms with van der Waals surface area (Å²) < 4.78 is 1.21. The van der Waals surface area contributed by atoms with Gasteiger partial charge in [0.15, 0.2) is 0 Å². The Labute approximate surface area is 114 Å². The van der Waals surface area contributed by atoms with Gasteiger partial charge in [-0.3, -0.25) is 19.3 Å². The van der Waals surface area contributed by atoms with Gasteiger partial charge in [-0.15, -0.1) is 0 Å². The number of hydrogen-bond acceptors (Lipinski definition) is 5. The molecule has 20 heavy (non-hydrogen) atoms. The van der Waals surface area contributed by atoms with Gasteiger partial charge in [-0.05, 0) is 31.4 Å². The molecule has 0 aliphatic carbocycles. The largest absolute Gasteiger partial charge is 0.376 e. The van der Waals surface area contributed by atoms with Crippen LogP contribution in [0.25, 0.3) is 5.65 Å². The number of rotatable bonds is 2. The molecule has 1 aliphatic rings. The van der Waals surface area contributed by atoms with Crippen LogP contribution in [-0.2, 0) is 0 Å². The lowest BCUT2D eigenvalue weighted by molar-refractivity contribution is -0.385. The molecular formula is C13H14N4O3. The minimum Gasteiger partial charge on any atom is -0.351 e. The molecule has 0 saturated carbocycles. The number of aromatic nitrogens is 2.